The average molecular weight is 322 g/mol. The van der Waals surface area contributed by atoms with Gasteiger partial charge in [-0.15, -0.1) is 0 Å². The van der Waals surface area contributed by atoms with Crippen LogP contribution in [0.1, 0.15) is 37.6 Å². The van der Waals surface area contributed by atoms with E-state index in [-0.39, 0.29) is 37.1 Å². The minimum absolute atomic E-state index is 0.0559. The molecule has 0 radical (unpaired) electrons. The molecule has 0 bridgehead atoms. The highest BCUT2D eigenvalue weighted by molar-refractivity contribution is 5.89. The number of hydrogen-bond acceptors (Lipinski definition) is 5. The fourth-order valence-corrected chi connectivity index (χ4v) is 2.96. The van der Waals surface area contributed by atoms with Crippen LogP contribution >= 0.6 is 0 Å². The Kier molecular flexibility index (Phi) is 6.57. The maximum Gasteiger partial charge on any atom is 0.338 e. The molecule has 1 aromatic carbocycles. The molecule has 1 heterocycles. The Morgan fingerprint density at radius 3 is 2.52 bits per heavy atom. The topological polar surface area (TPSA) is 65.0 Å². The summed E-state index contributed by atoms with van der Waals surface area (Å²) < 4.78 is 17.2. The molecule has 1 aromatic rings. The third kappa shape index (κ3) is 4.31. The van der Waals surface area contributed by atoms with Gasteiger partial charge >= 0.3 is 5.97 Å². The number of rotatable bonds is 6. The molecule has 0 saturated carbocycles. The summed E-state index contributed by atoms with van der Waals surface area (Å²) in [5, 5.41) is 9.00. The number of aliphatic hydroxyl groups is 1. The molecule has 0 amide bonds. The Morgan fingerprint density at radius 2 is 1.91 bits per heavy atom. The highest BCUT2D eigenvalue weighted by Crippen LogP contribution is 2.34. The summed E-state index contributed by atoms with van der Waals surface area (Å²) in [6.07, 6.45) is -0.220. The molecular weight excluding hydrogens is 296 g/mol. The van der Waals surface area contributed by atoms with E-state index in [1.54, 1.807) is 24.3 Å². The molecule has 1 N–H and O–H groups in total. The Bertz CT molecular complexity index is 489. The van der Waals surface area contributed by atoms with Crippen molar-refractivity contribution in [2.24, 2.45) is 11.8 Å². The van der Waals surface area contributed by atoms with E-state index in [4.69, 9.17) is 19.3 Å². The van der Waals surface area contributed by atoms with Gasteiger partial charge in [0.05, 0.1) is 24.9 Å². The van der Waals surface area contributed by atoms with E-state index in [0.29, 0.717) is 5.56 Å². The standard InChI is InChI=1S/C18H26O5/c1-4-15-12(2)13(3)16(18(22-15)21-11-10-19)23-17(20)14-8-6-5-7-9-14/h5-9,12-13,15-16,18-19H,4,10-11H2,1-3H3. The summed E-state index contributed by atoms with van der Waals surface area (Å²) in [5.41, 5.74) is 0.505. The van der Waals surface area contributed by atoms with Gasteiger partial charge in [0.1, 0.15) is 0 Å². The van der Waals surface area contributed by atoms with Crippen LogP contribution in [-0.2, 0) is 14.2 Å². The van der Waals surface area contributed by atoms with E-state index >= 15 is 0 Å². The lowest BCUT2D eigenvalue weighted by Crippen LogP contribution is -2.52. The quantitative estimate of drug-likeness (QED) is 0.816. The van der Waals surface area contributed by atoms with Gasteiger partial charge < -0.3 is 19.3 Å². The van der Waals surface area contributed by atoms with Crippen LogP contribution in [0.3, 0.4) is 0 Å². The van der Waals surface area contributed by atoms with Crippen LogP contribution in [0.5, 0.6) is 0 Å². The van der Waals surface area contributed by atoms with Crippen LogP contribution < -0.4 is 0 Å². The Hall–Kier alpha value is -1.43. The highest BCUT2D eigenvalue weighted by Gasteiger charge is 2.43. The van der Waals surface area contributed by atoms with Gasteiger partial charge in [0.15, 0.2) is 12.4 Å². The minimum atomic E-state index is -0.647. The third-order valence-electron chi connectivity index (χ3n) is 4.54. The van der Waals surface area contributed by atoms with E-state index in [9.17, 15) is 4.79 Å². The van der Waals surface area contributed by atoms with Gasteiger partial charge in [0.2, 0.25) is 0 Å². The Morgan fingerprint density at radius 1 is 1.22 bits per heavy atom. The van der Waals surface area contributed by atoms with Crippen LogP contribution in [0.15, 0.2) is 30.3 Å². The van der Waals surface area contributed by atoms with Gasteiger partial charge in [-0.2, -0.15) is 0 Å². The molecule has 23 heavy (non-hydrogen) atoms. The Labute approximate surface area is 137 Å². The van der Waals surface area contributed by atoms with Gasteiger partial charge in [-0.1, -0.05) is 39.0 Å². The van der Waals surface area contributed by atoms with E-state index in [1.807, 2.05) is 13.0 Å². The molecule has 2 rings (SSSR count). The lowest BCUT2D eigenvalue weighted by atomic mass is 9.82. The molecule has 0 aromatic heterocycles. The third-order valence-corrected chi connectivity index (χ3v) is 4.54. The minimum Gasteiger partial charge on any atom is -0.453 e. The van der Waals surface area contributed by atoms with Crippen LogP contribution in [0.25, 0.3) is 0 Å². The van der Waals surface area contributed by atoms with Crippen LogP contribution in [0, 0.1) is 11.8 Å². The first-order chi connectivity index (χ1) is 11.1. The number of carbonyl (C=O) groups is 1. The second-order valence-electron chi connectivity index (χ2n) is 6.00. The summed E-state index contributed by atoms with van der Waals surface area (Å²) in [5.74, 6) is -0.0293. The van der Waals surface area contributed by atoms with Crippen LogP contribution in [0.4, 0.5) is 0 Å². The van der Waals surface area contributed by atoms with Gasteiger partial charge in [-0.3, -0.25) is 0 Å². The number of ether oxygens (including phenoxy) is 3. The predicted octanol–water partition coefficient (Wildman–Crippen LogP) is 2.63. The second kappa shape index (κ2) is 8.43. The molecule has 5 nitrogen and oxygen atoms in total. The molecule has 0 aliphatic carbocycles. The van der Waals surface area contributed by atoms with E-state index < -0.39 is 12.4 Å². The van der Waals surface area contributed by atoms with Crippen molar-refractivity contribution in [1.29, 1.82) is 0 Å². The fourth-order valence-electron chi connectivity index (χ4n) is 2.96. The molecule has 5 atom stereocenters. The van der Waals surface area contributed by atoms with Crippen molar-refractivity contribution in [3.05, 3.63) is 35.9 Å². The maximum atomic E-state index is 12.4. The normalized spacial score (nSPS) is 30.9. The zero-order valence-electron chi connectivity index (χ0n) is 14.0. The van der Waals surface area contributed by atoms with Crippen molar-refractivity contribution >= 4 is 5.97 Å². The smallest absolute Gasteiger partial charge is 0.338 e. The van der Waals surface area contributed by atoms with Crippen molar-refractivity contribution in [2.75, 3.05) is 13.2 Å². The van der Waals surface area contributed by atoms with Crippen molar-refractivity contribution in [3.63, 3.8) is 0 Å². The lowest BCUT2D eigenvalue weighted by Gasteiger charge is -2.43. The molecule has 1 aliphatic rings. The molecule has 5 unspecified atom stereocenters. The lowest BCUT2D eigenvalue weighted by molar-refractivity contribution is -0.270. The predicted molar refractivity (Wildman–Crippen MR) is 86.0 cm³/mol. The molecule has 1 saturated heterocycles. The largest absolute Gasteiger partial charge is 0.453 e. The molecule has 1 aliphatic heterocycles. The molecule has 5 heteroatoms. The van der Waals surface area contributed by atoms with Crippen molar-refractivity contribution < 1.29 is 24.1 Å². The van der Waals surface area contributed by atoms with Crippen molar-refractivity contribution in [3.8, 4) is 0 Å². The maximum absolute atomic E-state index is 12.4. The first-order valence-corrected chi connectivity index (χ1v) is 8.22. The summed E-state index contributed by atoms with van der Waals surface area (Å²) in [7, 11) is 0. The number of aliphatic hydroxyl groups excluding tert-OH is 1. The van der Waals surface area contributed by atoms with Gasteiger partial charge in [-0.05, 0) is 24.5 Å². The SMILES string of the molecule is CCC1OC(OCCO)C(OC(=O)c2ccccc2)C(C)C1C. The fraction of sp³-hybridized carbons (Fsp3) is 0.611. The first-order valence-electron chi connectivity index (χ1n) is 8.22. The summed E-state index contributed by atoms with van der Waals surface area (Å²) in [6.45, 7) is 6.27. The average Bonchev–Trinajstić information content (AvgIpc) is 2.59. The number of hydrogen-bond donors (Lipinski definition) is 1. The molecular formula is C18H26O5. The summed E-state index contributed by atoms with van der Waals surface area (Å²) in [4.78, 5) is 12.4. The summed E-state index contributed by atoms with van der Waals surface area (Å²) in [6, 6.07) is 8.89. The van der Waals surface area contributed by atoms with Gasteiger partial charge in [0, 0.05) is 5.92 Å². The number of benzene rings is 1. The van der Waals surface area contributed by atoms with Crippen LogP contribution in [-0.4, -0.2) is 42.8 Å². The van der Waals surface area contributed by atoms with Crippen molar-refractivity contribution in [2.45, 2.75) is 45.7 Å². The molecule has 0 spiro atoms. The van der Waals surface area contributed by atoms with Gasteiger partial charge in [0.25, 0.3) is 0 Å². The zero-order chi connectivity index (χ0) is 16.8. The van der Waals surface area contributed by atoms with Crippen molar-refractivity contribution in [1.82, 2.24) is 0 Å². The van der Waals surface area contributed by atoms with E-state index in [0.717, 1.165) is 6.42 Å². The molecule has 128 valence electrons. The highest BCUT2D eigenvalue weighted by atomic mass is 16.7. The number of esters is 1. The molecule has 1 fully saturated rings. The Balaban J connectivity index is 2.12. The van der Waals surface area contributed by atoms with Crippen LogP contribution in [0.2, 0.25) is 0 Å². The number of carbonyl (C=O) groups excluding carboxylic acids is 1. The zero-order valence-corrected chi connectivity index (χ0v) is 14.0. The monoisotopic (exact) mass is 322 g/mol. The van der Waals surface area contributed by atoms with E-state index in [2.05, 4.69) is 13.8 Å². The van der Waals surface area contributed by atoms with Gasteiger partial charge in [-0.25, -0.2) is 4.79 Å². The van der Waals surface area contributed by atoms with E-state index in [1.165, 1.54) is 0 Å². The first kappa shape index (κ1) is 17.9. The summed E-state index contributed by atoms with van der Waals surface area (Å²) >= 11 is 0. The second-order valence-corrected chi connectivity index (χ2v) is 6.00.